The summed E-state index contributed by atoms with van der Waals surface area (Å²) in [6, 6.07) is 0. The summed E-state index contributed by atoms with van der Waals surface area (Å²) < 4.78 is 97.2. The molecule has 270 valence electrons. The Balaban J connectivity index is 1.19. The van der Waals surface area contributed by atoms with Crippen LogP contribution in [0.25, 0.3) is 0 Å². The summed E-state index contributed by atoms with van der Waals surface area (Å²) in [6.07, 6.45) is 6.38. The second-order valence-corrected chi connectivity index (χ2v) is 19.8. The van der Waals surface area contributed by atoms with E-state index in [0.29, 0.717) is 30.1 Å². The zero-order chi connectivity index (χ0) is 34.2. The van der Waals surface area contributed by atoms with Crippen LogP contribution in [0.2, 0.25) is 0 Å². The Hall–Kier alpha value is -0.380. The normalized spacial score (nSPS) is 53.7. The first kappa shape index (κ1) is 35.0. The van der Waals surface area contributed by atoms with Crippen molar-refractivity contribution in [1.82, 2.24) is 0 Å². The molecule has 11 nitrogen and oxygen atoms in total. The number of rotatable bonds is 9. The predicted molar refractivity (Wildman–Crippen MR) is 171 cm³/mol. The van der Waals surface area contributed by atoms with Gasteiger partial charge >= 0.3 is 20.8 Å². The Morgan fingerprint density at radius 3 is 2.13 bits per heavy atom. The molecular formula is C34H56O11S2. The van der Waals surface area contributed by atoms with Gasteiger partial charge < -0.3 is 14.2 Å². The molecule has 2 N–H and O–H groups in total. The Morgan fingerprint density at radius 1 is 0.872 bits per heavy atom. The standard InChI is InChI=1S/C34H56O11S2/c1-8-12-34-41-26-15-24-22-10-9-21-14-25(43-46(35,36)37)27(44-47(38,39)40)17-31(21,6)23(22)11-13-30(24,5)29(26)32(7,45-34)28(42-34)18-33(19(2)3)16-20(33)4/h19-29H,8-18H2,1-7H3,(H,35,36,37)(H,38,39,40)/t20?,21-,22?,23?,24-,25-,26-,27-,28+,29?,30-,31-,32+,33?,34?/m0/s1. The third-order valence-electron chi connectivity index (χ3n) is 15.2. The minimum Gasteiger partial charge on any atom is -0.324 e. The summed E-state index contributed by atoms with van der Waals surface area (Å²) in [5.41, 5.74) is -0.615. The SMILES string of the molecule is CCCC12O[C@H]3C[C@H]4C5CC[C@H]6C[C@H](OS(=O)(=O)O)[C@@H](OS(=O)(=O)O)C[C@]6(C)C5CC[C@]4(C)C3[C@](C)(O1)[C@@H](CC1(C(C)C)CC1C)O2. The van der Waals surface area contributed by atoms with Crippen LogP contribution in [0, 0.1) is 57.7 Å². The fourth-order valence-electron chi connectivity index (χ4n) is 13.1. The van der Waals surface area contributed by atoms with Crippen molar-refractivity contribution < 1.29 is 48.5 Å². The molecule has 2 heterocycles. The fourth-order valence-corrected chi connectivity index (χ4v) is 14.1. The minimum absolute atomic E-state index is 0.0192. The summed E-state index contributed by atoms with van der Waals surface area (Å²) in [4.78, 5) is 0. The first-order chi connectivity index (χ1) is 21.7. The van der Waals surface area contributed by atoms with Gasteiger partial charge in [0.15, 0.2) is 0 Å². The molecule has 7 aliphatic rings. The van der Waals surface area contributed by atoms with E-state index >= 15 is 0 Å². The molecule has 5 aliphatic carbocycles. The molecule has 2 aliphatic heterocycles. The Bertz CT molecular complexity index is 1470. The van der Waals surface area contributed by atoms with Crippen LogP contribution in [-0.2, 0) is 43.4 Å². The van der Waals surface area contributed by atoms with Gasteiger partial charge in [0.1, 0.15) is 17.8 Å². The minimum atomic E-state index is -4.89. The van der Waals surface area contributed by atoms with Gasteiger partial charge in [-0.1, -0.05) is 41.5 Å². The molecule has 7 fully saturated rings. The zero-order valence-electron chi connectivity index (χ0n) is 29.0. The van der Waals surface area contributed by atoms with Crippen LogP contribution >= 0.6 is 0 Å². The van der Waals surface area contributed by atoms with E-state index in [0.717, 1.165) is 44.9 Å². The van der Waals surface area contributed by atoms with Crippen LogP contribution in [0.4, 0.5) is 0 Å². The van der Waals surface area contributed by atoms with Gasteiger partial charge in [-0.05, 0) is 123 Å². The molecule has 6 unspecified atom stereocenters. The average molecular weight is 705 g/mol. The highest BCUT2D eigenvalue weighted by Gasteiger charge is 2.75. The highest BCUT2D eigenvalue weighted by atomic mass is 32.3. The van der Waals surface area contributed by atoms with Crippen molar-refractivity contribution in [3.05, 3.63) is 0 Å². The molecule has 2 bridgehead atoms. The number of hydrogen-bond acceptors (Lipinski definition) is 9. The fraction of sp³-hybridized carbons (Fsp3) is 1.00. The lowest BCUT2D eigenvalue weighted by Gasteiger charge is -2.62. The van der Waals surface area contributed by atoms with Crippen LogP contribution < -0.4 is 0 Å². The van der Waals surface area contributed by atoms with E-state index in [9.17, 15) is 25.9 Å². The highest BCUT2D eigenvalue weighted by Crippen LogP contribution is 2.73. The molecule has 2 saturated heterocycles. The highest BCUT2D eigenvalue weighted by molar-refractivity contribution is 7.81. The van der Waals surface area contributed by atoms with Gasteiger partial charge in [0.05, 0.1) is 12.2 Å². The molecule has 47 heavy (non-hydrogen) atoms. The first-order valence-electron chi connectivity index (χ1n) is 18.1. The quantitative estimate of drug-likeness (QED) is 0.258. The van der Waals surface area contributed by atoms with Crippen molar-refractivity contribution in [1.29, 1.82) is 0 Å². The topological polar surface area (TPSA) is 155 Å². The molecule has 0 spiro atoms. The molecule has 0 amide bonds. The van der Waals surface area contributed by atoms with Gasteiger partial charge in [-0.15, -0.1) is 0 Å². The molecule has 0 radical (unpaired) electrons. The Kier molecular flexibility index (Phi) is 8.25. The van der Waals surface area contributed by atoms with E-state index in [1.807, 2.05) is 0 Å². The van der Waals surface area contributed by atoms with Gasteiger partial charge in [0.2, 0.25) is 0 Å². The summed E-state index contributed by atoms with van der Waals surface area (Å²) >= 11 is 0. The number of ether oxygens (including phenoxy) is 3. The van der Waals surface area contributed by atoms with Crippen molar-refractivity contribution in [2.75, 3.05) is 0 Å². The van der Waals surface area contributed by atoms with Crippen LogP contribution in [0.5, 0.6) is 0 Å². The summed E-state index contributed by atoms with van der Waals surface area (Å²) in [5, 5.41) is 0. The third-order valence-corrected chi connectivity index (χ3v) is 16.2. The number of fused-ring (bicyclic) bond motifs is 10. The van der Waals surface area contributed by atoms with E-state index in [-0.39, 0.29) is 59.0 Å². The maximum atomic E-state index is 11.9. The molecule has 0 aromatic carbocycles. The van der Waals surface area contributed by atoms with Crippen molar-refractivity contribution in [2.24, 2.45) is 57.7 Å². The zero-order valence-corrected chi connectivity index (χ0v) is 30.6. The largest absolute Gasteiger partial charge is 0.397 e. The lowest BCUT2D eigenvalue weighted by molar-refractivity contribution is -0.403. The maximum absolute atomic E-state index is 11.9. The Morgan fingerprint density at radius 2 is 1.53 bits per heavy atom. The van der Waals surface area contributed by atoms with Crippen molar-refractivity contribution in [2.45, 2.75) is 155 Å². The van der Waals surface area contributed by atoms with E-state index in [4.69, 9.17) is 22.6 Å². The van der Waals surface area contributed by atoms with E-state index in [1.165, 1.54) is 6.42 Å². The van der Waals surface area contributed by atoms with Gasteiger partial charge in [-0.2, -0.15) is 16.8 Å². The predicted octanol–water partition coefficient (Wildman–Crippen LogP) is 6.34. The molecule has 15 atom stereocenters. The van der Waals surface area contributed by atoms with Gasteiger partial charge in [0, 0.05) is 12.3 Å². The first-order valence-corrected chi connectivity index (χ1v) is 20.8. The smallest absolute Gasteiger partial charge is 0.324 e. The molecular weight excluding hydrogens is 648 g/mol. The van der Waals surface area contributed by atoms with E-state index in [2.05, 4.69) is 48.5 Å². The maximum Gasteiger partial charge on any atom is 0.397 e. The van der Waals surface area contributed by atoms with Crippen LogP contribution in [0.1, 0.15) is 119 Å². The molecule has 5 saturated carbocycles. The summed E-state index contributed by atoms with van der Waals surface area (Å²) in [7, 11) is -9.75. The van der Waals surface area contributed by atoms with Crippen molar-refractivity contribution >= 4 is 20.8 Å². The number of hydrogen-bond donors (Lipinski definition) is 2. The second-order valence-electron chi connectivity index (χ2n) is 17.7. The third kappa shape index (κ3) is 5.50. The molecule has 7 rings (SSSR count). The van der Waals surface area contributed by atoms with E-state index in [1.54, 1.807) is 0 Å². The van der Waals surface area contributed by atoms with Crippen LogP contribution in [-0.4, -0.2) is 61.9 Å². The van der Waals surface area contributed by atoms with Gasteiger partial charge in [0.25, 0.3) is 5.97 Å². The summed E-state index contributed by atoms with van der Waals surface area (Å²) in [6.45, 7) is 16.1. The molecule has 0 aromatic heterocycles. The van der Waals surface area contributed by atoms with Crippen molar-refractivity contribution in [3.8, 4) is 0 Å². The molecule has 13 heteroatoms. The van der Waals surface area contributed by atoms with Gasteiger partial charge in [-0.25, -0.2) is 8.37 Å². The van der Waals surface area contributed by atoms with Crippen molar-refractivity contribution in [3.63, 3.8) is 0 Å². The summed E-state index contributed by atoms with van der Waals surface area (Å²) in [5.74, 6) is 1.44. The lowest BCUT2D eigenvalue weighted by Crippen LogP contribution is -2.61. The van der Waals surface area contributed by atoms with Gasteiger partial charge in [-0.3, -0.25) is 9.11 Å². The lowest BCUT2D eigenvalue weighted by atomic mass is 9.44. The van der Waals surface area contributed by atoms with E-state index < -0.39 is 44.6 Å². The average Bonchev–Trinajstić information content (AvgIpc) is 3.39. The Labute approximate surface area is 281 Å². The second kappa shape index (κ2) is 11.1. The molecule has 0 aromatic rings. The van der Waals surface area contributed by atoms with Crippen LogP contribution in [0.3, 0.4) is 0 Å². The monoisotopic (exact) mass is 704 g/mol. The van der Waals surface area contributed by atoms with Crippen LogP contribution in [0.15, 0.2) is 0 Å².